The fourth-order valence-electron chi connectivity index (χ4n) is 2.20. The summed E-state index contributed by atoms with van der Waals surface area (Å²) in [4.78, 5) is 2.52. The van der Waals surface area contributed by atoms with E-state index in [9.17, 15) is 5.11 Å². The third-order valence-electron chi connectivity index (χ3n) is 3.79. The number of aryl methyl sites for hydroxylation is 3. The van der Waals surface area contributed by atoms with Gasteiger partial charge < -0.3 is 10.8 Å². The topological polar surface area (TPSA) is 46.2 Å². The largest absolute Gasteiger partial charge is 0.398 e. The SMILES string of the molecule is Cc1cc(CC(O)c2ccc(C)c(C)c2N)sc1C. The second kappa shape index (κ2) is 5.35. The fourth-order valence-corrected chi connectivity index (χ4v) is 3.29. The van der Waals surface area contributed by atoms with Crippen LogP contribution in [0.15, 0.2) is 18.2 Å². The Morgan fingerprint density at radius 2 is 1.84 bits per heavy atom. The monoisotopic (exact) mass is 275 g/mol. The second-order valence-electron chi connectivity index (χ2n) is 5.18. The molecule has 1 aromatic carbocycles. The van der Waals surface area contributed by atoms with Crippen LogP contribution in [0.2, 0.25) is 0 Å². The highest BCUT2D eigenvalue weighted by atomic mass is 32.1. The standard InChI is InChI=1S/C16H21NOS/c1-9-5-6-14(16(17)11(9)3)15(18)8-13-7-10(2)12(4)19-13/h5-7,15,18H,8,17H2,1-4H3. The van der Waals surface area contributed by atoms with Crippen molar-refractivity contribution in [2.45, 2.75) is 40.2 Å². The number of rotatable bonds is 3. The lowest BCUT2D eigenvalue weighted by molar-refractivity contribution is 0.180. The van der Waals surface area contributed by atoms with Gasteiger partial charge in [-0.15, -0.1) is 11.3 Å². The van der Waals surface area contributed by atoms with Crippen LogP contribution in [0.3, 0.4) is 0 Å². The van der Waals surface area contributed by atoms with Crippen LogP contribution in [0.25, 0.3) is 0 Å². The maximum atomic E-state index is 10.4. The van der Waals surface area contributed by atoms with Gasteiger partial charge in [0, 0.05) is 27.4 Å². The van der Waals surface area contributed by atoms with Gasteiger partial charge in [0.25, 0.3) is 0 Å². The third-order valence-corrected chi connectivity index (χ3v) is 4.96. The van der Waals surface area contributed by atoms with Gasteiger partial charge in [0.05, 0.1) is 6.10 Å². The molecule has 2 nitrogen and oxygen atoms in total. The molecular formula is C16H21NOS. The average molecular weight is 275 g/mol. The lowest BCUT2D eigenvalue weighted by atomic mass is 9.97. The first kappa shape index (κ1) is 14.1. The van der Waals surface area contributed by atoms with Crippen molar-refractivity contribution >= 4 is 17.0 Å². The highest BCUT2D eigenvalue weighted by Crippen LogP contribution is 2.30. The molecule has 19 heavy (non-hydrogen) atoms. The van der Waals surface area contributed by atoms with Crippen molar-refractivity contribution in [2.75, 3.05) is 5.73 Å². The first-order valence-corrected chi connectivity index (χ1v) is 7.31. The number of hydrogen-bond donors (Lipinski definition) is 2. The van der Waals surface area contributed by atoms with E-state index in [1.807, 2.05) is 26.0 Å². The van der Waals surface area contributed by atoms with Gasteiger partial charge in [0.2, 0.25) is 0 Å². The molecule has 0 saturated carbocycles. The number of hydrogen-bond acceptors (Lipinski definition) is 3. The van der Waals surface area contributed by atoms with Crippen LogP contribution in [0, 0.1) is 27.7 Å². The summed E-state index contributed by atoms with van der Waals surface area (Å²) in [5, 5.41) is 10.4. The Balaban J connectivity index is 2.25. The highest BCUT2D eigenvalue weighted by molar-refractivity contribution is 7.12. The predicted octanol–water partition coefficient (Wildman–Crippen LogP) is 3.84. The van der Waals surface area contributed by atoms with Crippen molar-refractivity contribution in [3.8, 4) is 0 Å². The molecule has 3 N–H and O–H groups in total. The first-order chi connectivity index (χ1) is 8.90. The van der Waals surface area contributed by atoms with Crippen molar-refractivity contribution in [1.82, 2.24) is 0 Å². The summed E-state index contributed by atoms with van der Waals surface area (Å²) in [7, 11) is 0. The maximum absolute atomic E-state index is 10.4. The molecule has 0 spiro atoms. The zero-order valence-electron chi connectivity index (χ0n) is 11.9. The zero-order chi connectivity index (χ0) is 14.2. The lowest BCUT2D eigenvalue weighted by Crippen LogP contribution is -2.06. The quantitative estimate of drug-likeness (QED) is 0.836. The molecule has 0 fully saturated rings. The number of aliphatic hydroxyl groups excluding tert-OH is 1. The molecule has 2 aromatic rings. The van der Waals surface area contributed by atoms with Crippen molar-refractivity contribution in [2.24, 2.45) is 0 Å². The van der Waals surface area contributed by atoms with E-state index >= 15 is 0 Å². The van der Waals surface area contributed by atoms with Gasteiger partial charge in [0.1, 0.15) is 0 Å². The van der Waals surface area contributed by atoms with Crippen LogP contribution < -0.4 is 5.73 Å². The Bertz CT molecular complexity index is 582. The van der Waals surface area contributed by atoms with Crippen LogP contribution in [0.4, 0.5) is 5.69 Å². The Morgan fingerprint density at radius 3 is 2.42 bits per heavy atom. The minimum absolute atomic E-state index is 0.531. The number of nitrogen functional groups attached to an aromatic ring is 1. The van der Waals surface area contributed by atoms with Crippen molar-refractivity contribution in [3.63, 3.8) is 0 Å². The lowest BCUT2D eigenvalue weighted by Gasteiger charge is -2.15. The summed E-state index contributed by atoms with van der Waals surface area (Å²) < 4.78 is 0. The summed E-state index contributed by atoms with van der Waals surface area (Å²) in [5.74, 6) is 0. The Morgan fingerprint density at radius 1 is 1.16 bits per heavy atom. The summed E-state index contributed by atoms with van der Waals surface area (Å²) >= 11 is 1.75. The number of nitrogens with two attached hydrogens (primary N) is 1. The number of benzene rings is 1. The van der Waals surface area contributed by atoms with E-state index < -0.39 is 6.10 Å². The van der Waals surface area contributed by atoms with Gasteiger partial charge in [-0.2, -0.15) is 0 Å². The molecule has 1 unspecified atom stereocenters. The van der Waals surface area contributed by atoms with Crippen molar-refractivity contribution in [1.29, 1.82) is 0 Å². The van der Waals surface area contributed by atoms with Gasteiger partial charge in [-0.05, 0) is 50.5 Å². The Kier molecular flexibility index (Phi) is 3.97. The van der Waals surface area contributed by atoms with Gasteiger partial charge >= 0.3 is 0 Å². The van der Waals surface area contributed by atoms with E-state index in [0.717, 1.165) is 22.4 Å². The molecule has 1 heterocycles. The fraction of sp³-hybridized carbons (Fsp3) is 0.375. The smallest absolute Gasteiger partial charge is 0.0858 e. The third kappa shape index (κ3) is 2.82. The van der Waals surface area contributed by atoms with Crippen molar-refractivity contribution in [3.05, 3.63) is 50.2 Å². The molecule has 3 heteroatoms. The molecule has 0 saturated heterocycles. The van der Waals surface area contributed by atoms with Gasteiger partial charge in [-0.1, -0.05) is 12.1 Å². The maximum Gasteiger partial charge on any atom is 0.0858 e. The molecule has 0 amide bonds. The number of anilines is 1. The first-order valence-electron chi connectivity index (χ1n) is 6.49. The van der Waals surface area contributed by atoms with E-state index in [1.165, 1.54) is 15.3 Å². The normalized spacial score (nSPS) is 12.7. The van der Waals surface area contributed by atoms with E-state index in [2.05, 4.69) is 19.9 Å². The molecule has 1 atom stereocenters. The summed E-state index contributed by atoms with van der Waals surface area (Å²) in [6.07, 6.45) is 0.100. The average Bonchev–Trinajstić information content (AvgIpc) is 2.65. The van der Waals surface area contributed by atoms with Gasteiger partial charge in [0.15, 0.2) is 0 Å². The molecule has 1 aromatic heterocycles. The molecule has 0 aliphatic carbocycles. The Hall–Kier alpha value is -1.32. The number of aliphatic hydroxyl groups is 1. The van der Waals surface area contributed by atoms with Crippen molar-refractivity contribution < 1.29 is 5.11 Å². The van der Waals surface area contributed by atoms with E-state index in [-0.39, 0.29) is 0 Å². The molecule has 0 bridgehead atoms. The van der Waals surface area contributed by atoms with Crippen LogP contribution in [0.1, 0.15) is 38.1 Å². The molecule has 0 aliphatic heterocycles. The summed E-state index contributed by atoms with van der Waals surface area (Å²) in [5.41, 5.74) is 11.2. The minimum Gasteiger partial charge on any atom is -0.398 e. The minimum atomic E-state index is -0.531. The van der Waals surface area contributed by atoms with E-state index in [4.69, 9.17) is 5.73 Å². The van der Waals surface area contributed by atoms with E-state index in [1.54, 1.807) is 11.3 Å². The molecule has 2 rings (SSSR count). The summed E-state index contributed by atoms with van der Waals surface area (Å²) in [6.45, 7) is 8.25. The van der Waals surface area contributed by atoms with Crippen LogP contribution >= 0.6 is 11.3 Å². The second-order valence-corrected chi connectivity index (χ2v) is 6.52. The van der Waals surface area contributed by atoms with Gasteiger partial charge in [-0.3, -0.25) is 0 Å². The molecule has 0 radical (unpaired) electrons. The molecule has 0 aliphatic rings. The predicted molar refractivity (Wildman–Crippen MR) is 82.8 cm³/mol. The van der Waals surface area contributed by atoms with E-state index in [0.29, 0.717) is 6.42 Å². The highest BCUT2D eigenvalue weighted by Gasteiger charge is 2.15. The Labute approximate surface area is 118 Å². The van der Waals surface area contributed by atoms with Crippen LogP contribution in [-0.4, -0.2) is 5.11 Å². The van der Waals surface area contributed by atoms with Crippen LogP contribution in [0.5, 0.6) is 0 Å². The zero-order valence-corrected chi connectivity index (χ0v) is 12.8. The number of thiophene rings is 1. The van der Waals surface area contributed by atoms with Crippen LogP contribution in [-0.2, 0) is 6.42 Å². The molecular weight excluding hydrogens is 254 g/mol. The summed E-state index contributed by atoms with van der Waals surface area (Å²) in [6, 6.07) is 6.12. The van der Waals surface area contributed by atoms with Gasteiger partial charge in [-0.25, -0.2) is 0 Å². The molecule has 102 valence electrons.